The number of anilines is 1. The Labute approximate surface area is 125 Å². The molecule has 2 rings (SSSR count). The van der Waals surface area contributed by atoms with Crippen LogP contribution in [0.4, 0.5) is 11.5 Å². The molecule has 0 aromatic carbocycles. The van der Waals surface area contributed by atoms with Crippen LogP contribution in [0.2, 0.25) is 0 Å². The summed E-state index contributed by atoms with van der Waals surface area (Å²) in [4.78, 5) is 28.1. The van der Waals surface area contributed by atoms with Crippen molar-refractivity contribution >= 4 is 28.7 Å². The lowest BCUT2D eigenvalue weighted by molar-refractivity contribution is -0.385. The molecule has 2 aromatic heterocycles. The Bertz CT molecular complexity index is 698. The molecule has 2 aromatic rings. The normalized spacial score (nSPS) is 11.9. The van der Waals surface area contributed by atoms with E-state index in [1.54, 1.807) is 11.3 Å². The molecular weight excluding hydrogens is 292 g/mol. The number of nitrogens with zero attached hydrogens (tertiary/aromatic N) is 2. The number of carbonyl (C=O) groups excluding carboxylic acids is 1. The van der Waals surface area contributed by atoms with Crippen molar-refractivity contribution < 1.29 is 9.72 Å². The average Bonchev–Trinajstić information content (AvgIpc) is 2.85. The van der Waals surface area contributed by atoms with Gasteiger partial charge in [0, 0.05) is 15.8 Å². The van der Waals surface area contributed by atoms with Crippen LogP contribution < -0.4 is 11.1 Å². The predicted octanol–water partition coefficient (Wildman–Crippen LogP) is 2.43. The highest BCUT2D eigenvalue weighted by Gasteiger charge is 2.19. The van der Waals surface area contributed by atoms with Gasteiger partial charge < -0.3 is 11.1 Å². The molecular formula is C13H14N4O3S. The second kappa shape index (κ2) is 5.88. The highest BCUT2D eigenvalue weighted by molar-refractivity contribution is 7.12. The first-order valence-electron chi connectivity index (χ1n) is 6.15. The first-order valence-corrected chi connectivity index (χ1v) is 6.97. The summed E-state index contributed by atoms with van der Waals surface area (Å²) in [5, 5.41) is 13.5. The van der Waals surface area contributed by atoms with Crippen molar-refractivity contribution in [2.24, 2.45) is 0 Å². The quantitative estimate of drug-likeness (QED) is 0.665. The number of nitrogen functional groups attached to an aromatic ring is 1. The number of hydrogen-bond donors (Lipinski definition) is 2. The van der Waals surface area contributed by atoms with Gasteiger partial charge in [0.1, 0.15) is 12.0 Å². The van der Waals surface area contributed by atoms with Gasteiger partial charge >= 0.3 is 0 Å². The summed E-state index contributed by atoms with van der Waals surface area (Å²) in [5.41, 5.74) is 5.35. The minimum Gasteiger partial charge on any atom is -0.383 e. The maximum absolute atomic E-state index is 12.2. The first kappa shape index (κ1) is 14.9. The van der Waals surface area contributed by atoms with Gasteiger partial charge in [0.05, 0.1) is 16.5 Å². The summed E-state index contributed by atoms with van der Waals surface area (Å²) < 4.78 is 0. The fourth-order valence-electron chi connectivity index (χ4n) is 1.78. The lowest BCUT2D eigenvalue weighted by Gasteiger charge is -2.12. The van der Waals surface area contributed by atoms with Gasteiger partial charge in [-0.25, -0.2) is 4.98 Å². The van der Waals surface area contributed by atoms with E-state index in [9.17, 15) is 14.9 Å². The molecule has 7 nitrogen and oxygen atoms in total. The maximum Gasteiger partial charge on any atom is 0.288 e. The van der Waals surface area contributed by atoms with Crippen LogP contribution in [0.25, 0.3) is 0 Å². The van der Waals surface area contributed by atoms with E-state index in [-0.39, 0.29) is 23.1 Å². The van der Waals surface area contributed by atoms with Gasteiger partial charge in [0.15, 0.2) is 0 Å². The van der Waals surface area contributed by atoms with E-state index in [4.69, 9.17) is 5.73 Å². The van der Waals surface area contributed by atoms with Gasteiger partial charge in [-0.05, 0) is 26.0 Å². The van der Waals surface area contributed by atoms with Gasteiger partial charge in [0.2, 0.25) is 0 Å². The van der Waals surface area contributed by atoms with E-state index >= 15 is 0 Å². The number of hydrogen-bond acceptors (Lipinski definition) is 6. The molecule has 0 aliphatic rings. The smallest absolute Gasteiger partial charge is 0.288 e. The zero-order valence-corrected chi connectivity index (χ0v) is 12.3. The Morgan fingerprint density at radius 1 is 1.52 bits per heavy atom. The Balaban J connectivity index is 2.20. The fraction of sp³-hybridized carbons (Fsp3) is 0.231. The molecule has 0 fully saturated rings. The Kier molecular flexibility index (Phi) is 4.18. The molecule has 1 atom stereocenters. The summed E-state index contributed by atoms with van der Waals surface area (Å²) >= 11 is 1.58. The maximum atomic E-state index is 12.2. The zero-order chi connectivity index (χ0) is 15.6. The summed E-state index contributed by atoms with van der Waals surface area (Å²) in [6, 6.07) is 4.81. The second-order valence-corrected chi connectivity index (χ2v) is 5.85. The third kappa shape index (κ3) is 3.34. The lowest BCUT2D eigenvalue weighted by atomic mass is 10.2. The fourth-order valence-corrected chi connectivity index (χ4v) is 2.66. The van der Waals surface area contributed by atoms with Crippen LogP contribution in [-0.2, 0) is 0 Å². The van der Waals surface area contributed by atoms with Crippen LogP contribution in [0.15, 0.2) is 24.4 Å². The average molecular weight is 306 g/mol. The molecule has 0 saturated heterocycles. The largest absolute Gasteiger partial charge is 0.383 e. The molecule has 0 radical (unpaired) electrons. The molecule has 3 N–H and O–H groups in total. The van der Waals surface area contributed by atoms with E-state index < -0.39 is 10.8 Å². The summed E-state index contributed by atoms with van der Waals surface area (Å²) in [7, 11) is 0. The van der Waals surface area contributed by atoms with Gasteiger partial charge in [-0.15, -0.1) is 11.3 Å². The predicted molar refractivity (Wildman–Crippen MR) is 80.2 cm³/mol. The standard InChI is InChI=1S/C13H14N4O3S/c1-7-3-4-11(21-7)8(2)16-13(18)10-5-9(17(19)20)6-15-12(10)14/h3-6,8H,1-2H3,(H2,14,15)(H,16,18). The molecule has 1 amide bonds. The zero-order valence-electron chi connectivity index (χ0n) is 11.5. The Morgan fingerprint density at radius 2 is 2.24 bits per heavy atom. The highest BCUT2D eigenvalue weighted by Crippen LogP contribution is 2.23. The van der Waals surface area contributed by atoms with Crippen LogP contribution in [-0.4, -0.2) is 15.8 Å². The van der Waals surface area contributed by atoms with E-state index in [0.29, 0.717) is 0 Å². The number of aryl methyl sites for hydroxylation is 1. The molecule has 8 heteroatoms. The molecule has 0 bridgehead atoms. The third-order valence-electron chi connectivity index (χ3n) is 2.90. The van der Waals surface area contributed by atoms with E-state index in [1.165, 1.54) is 0 Å². The monoisotopic (exact) mass is 306 g/mol. The molecule has 110 valence electrons. The van der Waals surface area contributed by atoms with Crippen LogP contribution in [0.1, 0.15) is 33.1 Å². The van der Waals surface area contributed by atoms with Crippen molar-refractivity contribution in [1.82, 2.24) is 10.3 Å². The molecule has 0 saturated carbocycles. The molecule has 0 spiro atoms. The third-order valence-corrected chi connectivity index (χ3v) is 4.08. The summed E-state index contributed by atoms with van der Waals surface area (Å²) in [5.74, 6) is -0.519. The summed E-state index contributed by atoms with van der Waals surface area (Å²) in [6.07, 6.45) is 1.03. The minimum absolute atomic E-state index is 0.00401. The van der Waals surface area contributed by atoms with Crippen molar-refractivity contribution in [3.05, 3.63) is 49.8 Å². The second-order valence-electron chi connectivity index (χ2n) is 4.53. The Morgan fingerprint density at radius 3 is 2.81 bits per heavy atom. The number of thiophene rings is 1. The van der Waals surface area contributed by atoms with Gasteiger partial charge in [0.25, 0.3) is 11.6 Å². The van der Waals surface area contributed by atoms with Crippen molar-refractivity contribution in [2.45, 2.75) is 19.9 Å². The van der Waals surface area contributed by atoms with Crippen LogP contribution in [0.3, 0.4) is 0 Å². The van der Waals surface area contributed by atoms with E-state index in [0.717, 1.165) is 22.0 Å². The molecule has 21 heavy (non-hydrogen) atoms. The van der Waals surface area contributed by atoms with Gasteiger partial charge in [-0.3, -0.25) is 14.9 Å². The van der Waals surface area contributed by atoms with Gasteiger partial charge in [-0.2, -0.15) is 0 Å². The van der Waals surface area contributed by atoms with Crippen molar-refractivity contribution in [3.8, 4) is 0 Å². The molecule has 0 aliphatic heterocycles. The highest BCUT2D eigenvalue weighted by atomic mass is 32.1. The number of aromatic nitrogens is 1. The first-order chi connectivity index (χ1) is 9.88. The minimum atomic E-state index is -0.616. The number of amides is 1. The summed E-state index contributed by atoms with van der Waals surface area (Å²) in [6.45, 7) is 3.81. The molecule has 2 heterocycles. The van der Waals surface area contributed by atoms with Crippen molar-refractivity contribution in [2.75, 3.05) is 5.73 Å². The van der Waals surface area contributed by atoms with Crippen LogP contribution in [0, 0.1) is 17.0 Å². The number of pyridine rings is 1. The topological polar surface area (TPSA) is 111 Å². The van der Waals surface area contributed by atoms with Gasteiger partial charge in [-0.1, -0.05) is 0 Å². The number of carbonyl (C=O) groups is 1. The molecule has 0 aliphatic carbocycles. The van der Waals surface area contributed by atoms with Crippen LogP contribution in [0.5, 0.6) is 0 Å². The van der Waals surface area contributed by atoms with Crippen molar-refractivity contribution in [3.63, 3.8) is 0 Å². The van der Waals surface area contributed by atoms with E-state index in [2.05, 4.69) is 10.3 Å². The van der Waals surface area contributed by atoms with Crippen molar-refractivity contribution in [1.29, 1.82) is 0 Å². The number of nitro groups is 1. The van der Waals surface area contributed by atoms with Crippen LogP contribution >= 0.6 is 11.3 Å². The SMILES string of the molecule is Cc1ccc(C(C)NC(=O)c2cc([N+](=O)[O-])cnc2N)s1. The molecule has 1 unspecified atom stereocenters. The number of rotatable bonds is 4. The van der Waals surface area contributed by atoms with E-state index in [1.807, 2.05) is 26.0 Å². The number of nitrogens with one attached hydrogen (secondary N) is 1. The Hall–Kier alpha value is -2.48. The lowest BCUT2D eigenvalue weighted by Crippen LogP contribution is -2.27. The number of nitrogens with two attached hydrogens (primary N) is 1.